The molecular formula is C27H31N3O4. The fraction of sp³-hybridized carbons (Fsp3) is 0.370. The van der Waals surface area contributed by atoms with E-state index in [2.05, 4.69) is 34.2 Å². The molecule has 0 saturated carbocycles. The van der Waals surface area contributed by atoms with E-state index in [1.807, 2.05) is 17.0 Å². The number of carbonyl (C=O) groups is 1. The van der Waals surface area contributed by atoms with Gasteiger partial charge in [0.15, 0.2) is 0 Å². The molecule has 7 heteroatoms. The molecule has 3 heterocycles. The largest absolute Gasteiger partial charge is 0.481 e. The van der Waals surface area contributed by atoms with Crippen LogP contribution in [-0.4, -0.2) is 48.1 Å². The number of benzene rings is 1. The fourth-order valence-corrected chi connectivity index (χ4v) is 4.24. The highest BCUT2D eigenvalue weighted by Gasteiger charge is 2.26. The van der Waals surface area contributed by atoms with Crippen LogP contribution in [0.25, 0.3) is 0 Å². The van der Waals surface area contributed by atoms with E-state index >= 15 is 0 Å². The van der Waals surface area contributed by atoms with E-state index in [9.17, 15) is 4.79 Å². The lowest BCUT2D eigenvalue weighted by atomic mass is 9.89. The second kappa shape index (κ2) is 11.6. The first kappa shape index (κ1) is 23.7. The first-order valence-electron chi connectivity index (χ1n) is 11.6. The molecule has 1 fully saturated rings. The van der Waals surface area contributed by atoms with Crippen molar-refractivity contribution in [2.24, 2.45) is 5.92 Å². The van der Waals surface area contributed by atoms with Crippen LogP contribution in [-0.2, 0) is 24.4 Å². The van der Waals surface area contributed by atoms with Gasteiger partial charge in [0.2, 0.25) is 11.8 Å². The normalized spacial score (nSPS) is 14.1. The monoisotopic (exact) mass is 461 g/mol. The predicted octanol–water partition coefficient (Wildman–Crippen LogP) is 4.31. The van der Waals surface area contributed by atoms with Crippen LogP contribution >= 0.6 is 0 Å². The molecular weight excluding hydrogens is 430 g/mol. The Morgan fingerprint density at radius 2 is 1.53 bits per heavy atom. The zero-order chi connectivity index (χ0) is 23.8. The van der Waals surface area contributed by atoms with Gasteiger partial charge in [-0.15, -0.1) is 0 Å². The summed E-state index contributed by atoms with van der Waals surface area (Å²) in [5, 5.41) is 0. The maximum atomic E-state index is 13.0. The summed E-state index contributed by atoms with van der Waals surface area (Å²) >= 11 is 0. The summed E-state index contributed by atoms with van der Waals surface area (Å²) < 4.78 is 16.2. The molecule has 1 amide bonds. The molecule has 0 spiro atoms. The molecule has 34 heavy (non-hydrogen) atoms. The van der Waals surface area contributed by atoms with E-state index in [0.29, 0.717) is 36.5 Å². The quantitative estimate of drug-likeness (QED) is 0.473. The second-order valence-electron chi connectivity index (χ2n) is 8.51. The average Bonchev–Trinajstić information content (AvgIpc) is 2.90. The number of pyridine rings is 2. The highest BCUT2D eigenvalue weighted by Crippen LogP contribution is 2.26. The van der Waals surface area contributed by atoms with Crippen molar-refractivity contribution in [2.45, 2.75) is 32.5 Å². The Morgan fingerprint density at radius 1 is 0.882 bits per heavy atom. The number of hydrogen-bond acceptors (Lipinski definition) is 6. The molecule has 0 bridgehead atoms. The third-order valence-electron chi connectivity index (χ3n) is 6.20. The number of likely N-dealkylation sites (tertiary alicyclic amines) is 1. The summed E-state index contributed by atoms with van der Waals surface area (Å²) in [6, 6.07) is 16.0. The Balaban J connectivity index is 1.24. The Labute approximate surface area is 200 Å². The van der Waals surface area contributed by atoms with Crippen LogP contribution in [0.2, 0.25) is 0 Å². The number of nitrogens with zero attached hydrogens (tertiary/aromatic N) is 3. The van der Waals surface area contributed by atoms with Crippen molar-refractivity contribution >= 4 is 5.91 Å². The molecule has 1 saturated heterocycles. The van der Waals surface area contributed by atoms with Crippen molar-refractivity contribution in [3.05, 3.63) is 83.2 Å². The van der Waals surface area contributed by atoms with Crippen LogP contribution < -0.4 is 9.47 Å². The lowest BCUT2D eigenvalue weighted by molar-refractivity contribution is 0.0686. The van der Waals surface area contributed by atoms with Crippen molar-refractivity contribution < 1.29 is 19.0 Å². The molecule has 178 valence electrons. The van der Waals surface area contributed by atoms with Crippen LogP contribution in [0.3, 0.4) is 0 Å². The molecule has 0 aliphatic carbocycles. The standard InChI is InChI=1S/C27H31N3O4/c1-32-25-8-7-24(26(29-25)33-2)27(31)30-15-11-21(12-16-30)17-20-3-5-22(6-4-20)18-34-19-23-9-13-28-14-10-23/h3-10,13-14,21H,11-12,15-19H2,1-2H3. The average molecular weight is 462 g/mol. The zero-order valence-corrected chi connectivity index (χ0v) is 19.8. The first-order valence-corrected chi connectivity index (χ1v) is 11.6. The summed E-state index contributed by atoms with van der Waals surface area (Å²) in [7, 11) is 3.06. The number of piperidine rings is 1. The van der Waals surface area contributed by atoms with Gasteiger partial charge >= 0.3 is 0 Å². The second-order valence-corrected chi connectivity index (χ2v) is 8.51. The Morgan fingerprint density at radius 3 is 2.18 bits per heavy atom. The predicted molar refractivity (Wildman–Crippen MR) is 129 cm³/mol. The van der Waals surface area contributed by atoms with Gasteiger partial charge in [0.1, 0.15) is 5.56 Å². The number of hydrogen-bond donors (Lipinski definition) is 0. The van der Waals surface area contributed by atoms with Crippen LogP contribution in [0.4, 0.5) is 0 Å². The lowest BCUT2D eigenvalue weighted by Gasteiger charge is -2.32. The van der Waals surface area contributed by atoms with Gasteiger partial charge in [0.05, 0.1) is 27.4 Å². The van der Waals surface area contributed by atoms with Gasteiger partial charge in [-0.1, -0.05) is 24.3 Å². The van der Waals surface area contributed by atoms with Gasteiger partial charge in [0, 0.05) is 31.5 Å². The van der Waals surface area contributed by atoms with Gasteiger partial charge in [-0.25, -0.2) is 0 Å². The Kier molecular flexibility index (Phi) is 8.09. The molecule has 0 radical (unpaired) electrons. The van der Waals surface area contributed by atoms with Crippen molar-refractivity contribution in [1.82, 2.24) is 14.9 Å². The third-order valence-corrected chi connectivity index (χ3v) is 6.20. The molecule has 1 aliphatic heterocycles. The Bertz CT molecular complexity index is 1060. The van der Waals surface area contributed by atoms with E-state index < -0.39 is 0 Å². The smallest absolute Gasteiger partial charge is 0.259 e. The highest BCUT2D eigenvalue weighted by atomic mass is 16.5. The van der Waals surface area contributed by atoms with Crippen LogP contribution in [0.1, 0.15) is 39.9 Å². The molecule has 4 rings (SSSR count). The molecule has 1 aromatic carbocycles. The number of ether oxygens (including phenoxy) is 3. The third kappa shape index (κ3) is 6.11. The van der Waals surface area contributed by atoms with Gasteiger partial charge in [-0.2, -0.15) is 4.98 Å². The number of rotatable bonds is 9. The minimum absolute atomic E-state index is 0.0402. The van der Waals surface area contributed by atoms with E-state index in [1.54, 1.807) is 31.6 Å². The van der Waals surface area contributed by atoms with Gasteiger partial charge in [-0.3, -0.25) is 9.78 Å². The number of carbonyl (C=O) groups excluding carboxylic acids is 1. The van der Waals surface area contributed by atoms with Crippen molar-refractivity contribution in [2.75, 3.05) is 27.3 Å². The van der Waals surface area contributed by atoms with Crippen molar-refractivity contribution in [1.29, 1.82) is 0 Å². The van der Waals surface area contributed by atoms with E-state index in [4.69, 9.17) is 14.2 Å². The summed E-state index contributed by atoms with van der Waals surface area (Å²) in [6.45, 7) is 2.64. The number of aromatic nitrogens is 2. The lowest BCUT2D eigenvalue weighted by Crippen LogP contribution is -2.39. The minimum atomic E-state index is -0.0402. The van der Waals surface area contributed by atoms with Crippen LogP contribution in [0.5, 0.6) is 11.8 Å². The zero-order valence-electron chi connectivity index (χ0n) is 19.8. The Hall–Kier alpha value is -3.45. The summed E-state index contributed by atoms with van der Waals surface area (Å²) in [5.74, 6) is 1.25. The van der Waals surface area contributed by atoms with Crippen LogP contribution in [0.15, 0.2) is 60.9 Å². The number of amides is 1. The summed E-state index contributed by atoms with van der Waals surface area (Å²) in [5.41, 5.74) is 4.09. The molecule has 3 aromatic rings. The van der Waals surface area contributed by atoms with Gasteiger partial charge in [0.25, 0.3) is 5.91 Å². The van der Waals surface area contributed by atoms with Crippen LogP contribution in [0, 0.1) is 5.92 Å². The maximum absolute atomic E-state index is 13.0. The van der Waals surface area contributed by atoms with Gasteiger partial charge in [-0.05, 0) is 60.1 Å². The minimum Gasteiger partial charge on any atom is -0.481 e. The molecule has 0 atom stereocenters. The maximum Gasteiger partial charge on any atom is 0.259 e. The highest BCUT2D eigenvalue weighted by molar-refractivity contribution is 5.96. The SMILES string of the molecule is COc1ccc(C(=O)N2CCC(Cc3ccc(COCc4ccncc4)cc3)CC2)c(OC)n1. The van der Waals surface area contributed by atoms with E-state index in [1.165, 1.54) is 18.2 Å². The molecule has 1 aliphatic rings. The first-order chi connectivity index (χ1) is 16.7. The molecule has 7 nitrogen and oxygen atoms in total. The van der Waals surface area contributed by atoms with E-state index in [-0.39, 0.29) is 5.91 Å². The molecule has 0 N–H and O–H groups in total. The van der Waals surface area contributed by atoms with E-state index in [0.717, 1.165) is 37.9 Å². The topological polar surface area (TPSA) is 73.8 Å². The fourth-order valence-electron chi connectivity index (χ4n) is 4.24. The van der Waals surface area contributed by atoms with Gasteiger partial charge < -0.3 is 19.1 Å². The number of methoxy groups -OCH3 is 2. The molecule has 0 unspecified atom stereocenters. The van der Waals surface area contributed by atoms with Crippen molar-refractivity contribution in [3.63, 3.8) is 0 Å². The van der Waals surface area contributed by atoms with Crippen molar-refractivity contribution in [3.8, 4) is 11.8 Å². The summed E-state index contributed by atoms with van der Waals surface area (Å²) in [6.07, 6.45) is 6.54. The molecule has 2 aromatic heterocycles. The summed E-state index contributed by atoms with van der Waals surface area (Å²) in [4.78, 5) is 23.2.